The first-order valence-corrected chi connectivity index (χ1v) is 4.41. The van der Waals surface area contributed by atoms with Crippen molar-refractivity contribution in [2.75, 3.05) is 33.2 Å². The summed E-state index contributed by atoms with van der Waals surface area (Å²) in [4.78, 5) is 0. The van der Waals surface area contributed by atoms with Gasteiger partial charge in [-0.05, 0) is 0 Å². The van der Waals surface area contributed by atoms with Crippen molar-refractivity contribution in [3.8, 4) is 30.3 Å². The standard InChI is InChI=1S/C11H13NO3/c1-2-7-14-11-15-9-4-3-8-13-10-5-6-12/h1H,5,7-11H2. The number of nitrogens with zero attached hydrogens (tertiary/aromatic N) is 1. The van der Waals surface area contributed by atoms with Gasteiger partial charge in [-0.15, -0.1) is 6.42 Å². The van der Waals surface area contributed by atoms with Crippen molar-refractivity contribution in [2.24, 2.45) is 0 Å². The quantitative estimate of drug-likeness (QED) is 0.347. The van der Waals surface area contributed by atoms with Crippen LogP contribution in [0.2, 0.25) is 0 Å². The van der Waals surface area contributed by atoms with E-state index < -0.39 is 0 Å². The first-order valence-electron chi connectivity index (χ1n) is 4.41. The molecule has 0 aliphatic heterocycles. The predicted octanol–water partition coefficient (Wildman–Crippen LogP) is 0.544. The van der Waals surface area contributed by atoms with Gasteiger partial charge in [0.15, 0.2) is 0 Å². The Morgan fingerprint density at radius 2 is 1.67 bits per heavy atom. The molecule has 4 heteroatoms. The van der Waals surface area contributed by atoms with Crippen LogP contribution < -0.4 is 0 Å². The van der Waals surface area contributed by atoms with Gasteiger partial charge in [0.25, 0.3) is 0 Å². The summed E-state index contributed by atoms with van der Waals surface area (Å²) in [5.74, 6) is 7.77. The summed E-state index contributed by atoms with van der Waals surface area (Å²) in [7, 11) is 0. The fourth-order valence-electron chi connectivity index (χ4n) is 0.595. The van der Waals surface area contributed by atoms with Crippen LogP contribution in [-0.4, -0.2) is 33.2 Å². The highest BCUT2D eigenvalue weighted by Crippen LogP contribution is 1.79. The number of ether oxygens (including phenoxy) is 3. The Labute approximate surface area is 90.1 Å². The Bertz CT molecular complexity index is 277. The van der Waals surface area contributed by atoms with Crippen LogP contribution >= 0.6 is 0 Å². The molecule has 0 aliphatic carbocycles. The largest absolute Gasteiger partial charge is 0.368 e. The molecule has 0 saturated heterocycles. The summed E-state index contributed by atoms with van der Waals surface area (Å²) in [6, 6.07) is 1.97. The summed E-state index contributed by atoms with van der Waals surface area (Å²) in [6.07, 6.45) is 5.34. The van der Waals surface area contributed by atoms with Crippen LogP contribution in [0.3, 0.4) is 0 Å². The summed E-state index contributed by atoms with van der Waals surface area (Å²) in [5.41, 5.74) is 0. The molecule has 0 aromatic rings. The van der Waals surface area contributed by atoms with Crippen LogP contribution in [0.4, 0.5) is 0 Å². The Morgan fingerprint density at radius 3 is 2.33 bits per heavy atom. The van der Waals surface area contributed by atoms with Crippen LogP contribution in [-0.2, 0) is 14.2 Å². The Hall–Kier alpha value is -1.51. The highest BCUT2D eigenvalue weighted by atomic mass is 16.7. The summed E-state index contributed by atoms with van der Waals surface area (Å²) >= 11 is 0. The highest BCUT2D eigenvalue weighted by Gasteiger charge is 1.83. The minimum Gasteiger partial charge on any atom is -0.368 e. The van der Waals surface area contributed by atoms with Gasteiger partial charge in [-0.3, -0.25) is 0 Å². The second-order valence-corrected chi connectivity index (χ2v) is 2.33. The number of hydrogen-bond acceptors (Lipinski definition) is 4. The number of terminal acetylenes is 1. The monoisotopic (exact) mass is 207 g/mol. The summed E-state index contributed by atoms with van der Waals surface area (Å²) in [6.45, 7) is 1.40. The van der Waals surface area contributed by atoms with Gasteiger partial charge in [0.05, 0.1) is 19.1 Å². The van der Waals surface area contributed by atoms with Gasteiger partial charge in [-0.1, -0.05) is 17.8 Å². The van der Waals surface area contributed by atoms with E-state index in [0.29, 0.717) is 19.6 Å². The van der Waals surface area contributed by atoms with Gasteiger partial charge >= 0.3 is 0 Å². The zero-order valence-corrected chi connectivity index (χ0v) is 8.49. The van der Waals surface area contributed by atoms with Gasteiger partial charge in [0.2, 0.25) is 0 Å². The molecule has 0 atom stereocenters. The fraction of sp³-hybridized carbons (Fsp3) is 0.545. The van der Waals surface area contributed by atoms with E-state index in [1.54, 1.807) is 0 Å². The van der Waals surface area contributed by atoms with Gasteiger partial charge < -0.3 is 14.2 Å². The second kappa shape index (κ2) is 12.5. The second-order valence-electron chi connectivity index (χ2n) is 2.33. The zero-order chi connectivity index (χ0) is 11.2. The molecule has 0 aromatic heterocycles. The lowest BCUT2D eigenvalue weighted by molar-refractivity contribution is -0.0294. The van der Waals surface area contributed by atoms with Crippen molar-refractivity contribution in [3.05, 3.63) is 0 Å². The number of nitriles is 1. The molecule has 0 N–H and O–H groups in total. The lowest BCUT2D eigenvalue weighted by Crippen LogP contribution is -2.00. The first kappa shape index (κ1) is 13.5. The van der Waals surface area contributed by atoms with Gasteiger partial charge in [-0.2, -0.15) is 5.26 Å². The van der Waals surface area contributed by atoms with Gasteiger partial charge in [0.1, 0.15) is 26.6 Å². The molecule has 0 unspecified atom stereocenters. The third kappa shape index (κ3) is 12.5. The molecule has 15 heavy (non-hydrogen) atoms. The maximum Gasteiger partial charge on any atom is 0.149 e. The van der Waals surface area contributed by atoms with E-state index in [9.17, 15) is 0 Å². The van der Waals surface area contributed by atoms with Crippen LogP contribution in [0, 0.1) is 35.5 Å². The molecule has 80 valence electrons. The Morgan fingerprint density at radius 1 is 1.00 bits per heavy atom. The van der Waals surface area contributed by atoms with Crippen molar-refractivity contribution in [2.45, 2.75) is 6.42 Å². The molecular formula is C11H13NO3. The fourth-order valence-corrected chi connectivity index (χ4v) is 0.595. The zero-order valence-electron chi connectivity index (χ0n) is 8.49. The molecular weight excluding hydrogens is 194 g/mol. The van der Waals surface area contributed by atoms with Crippen LogP contribution in [0.25, 0.3) is 0 Å². The summed E-state index contributed by atoms with van der Waals surface area (Å²) in [5, 5.41) is 8.20. The van der Waals surface area contributed by atoms with E-state index in [2.05, 4.69) is 17.8 Å². The third-order valence-corrected chi connectivity index (χ3v) is 1.18. The smallest absolute Gasteiger partial charge is 0.149 e. The van der Waals surface area contributed by atoms with Gasteiger partial charge in [-0.25, -0.2) is 0 Å². The average molecular weight is 207 g/mol. The Kier molecular flexibility index (Phi) is 11.2. The van der Waals surface area contributed by atoms with E-state index in [4.69, 9.17) is 25.9 Å². The van der Waals surface area contributed by atoms with E-state index in [1.807, 2.05) is 6.07 Å². The van der Waals surface area contributed by atoms with Crippen molar-refractivity contribution in [1.82, 2.24) is 0 Å². The average Bonchev–Trinajstić information content (AvgIpc) is 2.26. The van der Waals surface area contributed by atoms with Crippen LogP contribution in [0.1, 0.15) is 6.42 Å². The molecule has 0 amide bonds. The minimum absolute atomic E-state index is 0.147. The first-order chi connectivity index (χ1) is 7.41. The molecule has 0 fully saturated rings. The highest BCUT2D eigenvalue weighted by molar-refractivity contribution is 4.99. The number of rotatable bonds is 7. The summed E-state index contributed by atoms with van der Waals surface area (Å²) < 4.78 is 14.8. The van der Waals surface area contributed by atoms with E-state index >= 15 is 0 Å². The minimum atomic E-state index is 0.147. The lowest BCUT2D eigenvalue weighted by atomic mass is 10.5. The van der Waals surface area contributed by atoms with Crippen LogP contribution in [0.5, 0.6) is 0 Å². The molecule has 0 spiro atoms. The maximum absolute atomic E-state index is 8.20. The molecule has 0 bridgehead atoms. The molecule has 0 aliphatic rings. The predicted molar refractivity (Wildman–Crippen MR) is 54.4 cm³/mol. The Balaban J connectivity index is 3.11. The molecule has 0 saturated carbocycles. The van der Waals surface area contributed by atoms with Crippen molar-refractivity contribution in [1.29, 1.82) is 5.26 Å². The van der Waals surface area contributed by atoms with Crippen molar-refractivity contribution >= 4 is 0 Å². The lowest BCUT2D eigenvalue weighted by Gasteiger charge is -1.97. The molecule has 0 aromatic carbocycles. The van der Waals surface area contributed by atoms with E-state index in [-0.39, 0.29) is 20.0 Å². The number of hydrogen-bond donors (Lipinski definition) is 0. The van der Waals surface area contributed by atoms with Crippen molar-refractivity contribution in [3.63, 3.8) is 0 Å². The van der Waals surface area contributed by atoms with E-state index in [0.717, 1.165) is 0 Å². The van der Waals surface area contributed by atoms with Crippen LogP contribution in [0.15, 0.2) is 0 Å². The molecule has 0 rings (SSSR count). The topological polar surface area (TPSA) is 51.5 Å². The van der Waals surface area contributed by atoms with E-state index in [1.165, 1.54) is 0 Å². The van der Waals surface area contributed by atoms with Gasteiger partial charge in [0, 0.05) is 0 Å². The normalized spacial score (nSPS) is 8.40. The molecule has 0 radical (unpaired) electrons. The molecule has 0 heterocycles. The SMILES string of the molecule is C#CCOCOCC#CCOCCC#N. The molecule has 4 nitrogen and oxygen atoms in total. The maximum atomic E-state index is 8.20. The third-order valence-electron chi connectivity index (χ3n) is 1.18. The van der Waals surface area contributed by atoms with Crippen molar-refractivity contribution < 1.29 is 14.2 Å².